The zero-order valence-corrected chi connectivity index (χ0v) is 18.3. The van der Waals surface area contributed by atoms with Crippen LogP contribution in [0.1, 0.15) is 5.69 Å². The van der Waals surface area contributed by atoms with E-state index in [-0.39, 0.29) is 17.1 Å². The van der Waals surface area contributed by atoms with Crippen LogP contribution in [0.15, 0.2) is 41.2 Å². The number of rotatable bonds is 8. The van der Waals surface area contributed by atoms with Gasteiger partial charge >= 0.3 is 0 Å². The first-order valence-electron chi connectivity index (χ1n) is 8.94. The molecule has 1 heterocycles. The van der Waals surface area contributed by atoms with Crippen molar-refractivity contribution >= 4 is 45.9 Å². The Hall–Kier alpha value is -2.84. The molecule has 0 aliphatic carbocycles. The Morgan fingerprint density at radius 1 is 1.07 bits per heavy atom. The lowest BCUT2D eigenvalue weighted by atomic mass is 10.2. The molecule has 30 heavy (non-hydrogen) atoms. The summed E-state index contributed by atoms with van der Waals surface area (Å²) >= 11 is 7.50. The van der Waals surface area contributed by atoms with Gasteiger partial charge in [-0.25, -0.2) is 0 Å². The average molecular weight is 449 g/mol. The molecule has 0 spiro atoms. The van der Waals surface area contributed by atoms with Crippen molar-refractivity contribution in [1.29, 1.82) is 0 Å². The van der Waals surface area contributed by atoms with Crippen LogP contribution in [0.3, 0.4) is 0 Å². The third-order valence-electron chi connectivity index (χ3n) is 4.34. The number of para-hydroxylation sites is 1. The van der Waals surface area contributed by atoms with E-state index in [4.69, 9.17) is 25.8 Å². The standard InChI is InChI=1S/C21H21ClN2O5S/c1-27-17-6-4-5-13-16(25)7-12(23-21(13)17)10-30-11-20(26)24-15-8-14(22)18(28-2)9-19(15)29-3/h4-9H,10-11H2,1-3H3,(H,23,25)(H,24,26). The van der Waals surface area contributed by atoms with Crippen LogP contribution < -0.4 is 25.0 Å². The Morgan fingerprint density at radius 3 is 2.50 bits per heavy atom. The van der Waals surface area contributed by atoms with Crippen molar-refractivity contribution in [2.75, 3.05) is 32.4 Å². The molecule has 1 amide bonds. The molecule has 0 saturated heterocycles. The maximum Gasteiger partial charge on any atom is 0.234 e. The number of hydrogen-bond acceptors (Lipinski definition) is 6. The minimum Gasteiger partial charge on any atom is -0.495 e. The highest BCUT2D eigenvalue weighted by molar-refractivity contribution is 7.99. The number of nitrogens with one attached hydrogen (secondary N) is 2. The zero-order chi connectivity index (χ0) is 21.7. The lowest BCUT2D eigenvalue weighted by Gasteiger charge is -2.13. The number of amides is 1. The van der Waals surface area contributed by atoms with Gasteiger partial charge in [0.1, 0.15) is 17.2 Å². The van der Waals surface area contributed by atoms with Crippen molar-refractivity contribution in [1.82, 2.24) is 4.98 Å². The number of ether oxygens (including phenoxy) is 3. The van der Waals surface area contributed by atoms with E-state index in [1.165, 1.54) is 26.0 Å². The van der Waals surface area contributed by atoms with E-state index in [2.05, 4.69) is 10.3 Å². The Balaban J connectivity index is 1.67. The predicted octanol–water partition coefficient (Wildman–Crippen LogP) is 4.08. The van der Waals surface area contributed by atoms with Gasteiger partial charge < -0.3 is 24.5 Å². The molecule has 158 valence electrons. The SMILES string of the molecule is COc1cc(OC)c(NC(=O)CSCc2cc(=O)c3cccc(OC)c3[nH]2)cc1Cl. The summed E-state index contributed by atoms with van der Waals surface area (Å²) in [5.74, 6) is 1.91. The molecule has 0 fully saturated rings. The maximum absolute atomic E-state index is 12.4. The molecule has 7 nitrogen and oxygen atoms in total. The van der Waals surface area contributed by atoms with Crippen molar-refractivity contribution in [3.63, 3.8) is 0 Å². The first-order chi connectivity index (χ1) is 14.5. The van der Waals surface area contributed by atoms with E-state index in [0.29, 0.717) is 50.3 Å². The van der Waals surface area contributed by atoms with E-state index in [1.807, 2.05) is 0 Å². The fraction of sp³-hybridized carbons (Fsp3) is 0.238. The summed E-state index contributed by atoms with van der Waals surface area (Å²) in [5.41, 5.74) is 1.71. The molecule has 0 radical (unpaired) electrons. The summed E-state index contributed by atoms with van der Waals surface area (Å²) in [5, 5.41) is 3.71. The van der Waals surface area contributed by atoms with Gasteiger partial charge in [-0.1, -0.05) is 17.7 Å². The number of hydrogen-bond donors (Lipinski definition) is 2. The number of thioether (sulfide) groups is 1. The Kier molecular flexibility index (Phi) is 7.12. The third kappa shape index (κ3) is 4.83. The summed E-state index contributed by atoms with van der Waals surface area (Å²) in [6.07, 6.45) is 0. The van der Waals surface area contributed by atoms with Crippen LogP contribution in [0.5, 0.6) is 17.2 Å². The second-order valence-electron chi connectivity index (χ2n) is 6.27. The Morgan fingerprint density at radius 2 is 1.80 bits per heavy atom. The van der Waals surface area contributed by atoms with E-state index in [1.54, 1.807) is 43.5 Å². The highest BCUT2D eigenvalue weighted by Crippen LogP contribution is 2.36. The number of pyridine rings is 1. The molecule has 2 aromatic carbocycles. The minimum absolute atomic E-state index is 0.0969. The van der Waals surface area contributed by atoms with Crippen LogP contribution in [0.25, 0.3) is 10.9 Å². The molecule has 0 aliphatic rings. The molecule has 0 saturated carbocycles. The first-order valence-corrected chi connectivity index (χ1v) is 10.5. The normalized spacial score (nSPS) is 10.7. The van der Waals surface area contributed by atoms with Crippen molar-refractivity contribution in [2.24, 2.45) is 0 Å². The average Bonchev–Trinajstić information content (AvgIpc) is 2.73. The van der Waals surface area contributed by atoms with Gasteiger partial charge in [0.15, 0.2) is 5.43 Å². The van der Waals surface area contributed by atoms with E-state index in [0.717, 1.165) is 0 Å². The molecule has 1 aromatic heterocycles. The molecular weight excluding hydrogens is 428 g/mol. The van der Waals surface area contributed by atoms with Gasteiger partial charge in [-0.15, -0.1) is 11.8 Å². The summed E-state index contributed by atoms with van der Waals surface area (Å²) in [4.78, 5) is 27.9. The van der Waals surface area contributed by atoms with Gasteiger partial charge in [-0.2, -0.15) is 0 Å². The van der Waals surface area contributed by atoms with Gasteiger partial charge in [0, 0.05) is 29.0 Å². The van der Waals surface area contributed by atoms with Crippen molar-refractivity contribution in [2.45, 2.75) is 5.75 Å². The number of aromatic nitrogens is 1. The lowest BCUT2D eigenvalue weighted by Crippen LogP contribution is -2.15. The predicted molar refractivity (Wildman–Crippen MR) is 120 cm³/mol. The van der Waals surface area contributed by atoms with Crippen molar-refractivity contribution in [3.05, 3.63) is 57.3 Å². The number of methoxy groups -OCH3 is 3. The maximum atomic E-state index is 12.4. The summed E-state index contributed by atoms with van der Waals surface area (Å²) in [6, 6.07) is 10.0. The second kappa shape index (κ2) is 9.77. The molecule has 0 atom stereocenters. The third-order valence-corrected chi connectivity index (χ3v) is 5.62. The van der Waals surface area contributed by atoms with Crippen LogP contribution >= 0.6 is 23.4 Å². The molecule has 9 heteroatoms. The number of anilines is 1. The Labute approximate surface area is 182 Å². The second-order valence-corrected chi connectivity index (χ2v) is 7.66. The monoisotopic (exact) mass is 448 g/mol. The largest absolute Gasteiger partial charge is 0.495 e. The number of halogens is 1. The number of aromatic amines is 1. The number of benzene rings is 2. The zero-order valence-electron chi connectivity index (χ0n) is 16.7. The first kappa shape index (κ1) is 21.9. The number of carbonyl (C=O) groups is 1. The fourth-order valence-corrected chi connectivity index (χ4v) is 3.92. The molecular formula is C21H21ClN2O5S. The molecule has 0 aliphatic heterocycles. The minimum atomic E-state index is -0.222. The van der Waals surface area contributed by atoms with Gasteiger partial charge in [0.05, 0.1) is 43.3 Å². The van der Waals surface area contributed by atoms with E-state index < -0.39 is 0 Å². The summed E-state index contributed by atoms with van der Waals surface area (Å²) in [6.45, 7) is 0. The molecule has 0 bridgehead atoms. The number of carbonyl (C=O) groups excluding carboxylic acids is 1. The van der Waals surface area contributed by atoms with Crippen LogP contribution in [-0.2, 0) is 10.5 Å². The molecule has 3 aromatic rings. The van der Waals surface area contributed by atoms with Gasteiger partial charge in [-0.3, -0.25) is 9.59 Å². The highest BCUT2D eigenvalue weighted by atomic mass is 35.5. The topological polar surface area (TPSA) is 89.7 Å². The molecule has 3 rings (SSSR count). The Bertz CT molecular complexity index is 1130. The molecule has 0 unspecified atom stereocenters. The van der Waals surface area contributed by atoms with Crippen molar-refractivity contribution in [3.8, 4) is 17.2 Å². The van der Waals surface area contributed by atoms with Gasteiger partial charge in [0.25, 0.3) is 0 Å². The fourth-order valence-electron chi connectivity index (χ4n) is 2.94. The van der Waals surface area contributed by atoms with Crippen LogP contribution in [-0.4, -0.2) is 38.0 Å². The lowest BCUT2D eigenvalue weighted by molar-refractivity contribution is -0.113. The number of fused-ring (bicyclic) bond motifs is 1. The van der Waals surface area contributed by atoms with E-state index in [9.17, 15) is 9.59 Å². The van der Waals surface area contributed by atoms with Gasteiger partial charge in [-0.05, 0) is 18.2 Å². The highest BCUT2D eigenvalue weighted by Gasteiger charge is 2.13. The quantitative estimate of drug-likeness (QED) is 0.539. The van der Waals surface area contributed by atoms with Crippen LogP contribution in [0.4, 0.5) is 5.69 Å². The molecule has 2 N–H and O–H groups in total. The van der Waals surface area contributed by atoms with Crippen LogP contribution in [0.2, 0.25) is 5.02 Å². The van der Waals surface area contributed by atoms with Gasteiger partial charge in [0.2, 0.25) is 5.91 Å². The number of H-pyrrole nitrogens is 1. The van der Waals surface area contributed by atoms with Crippen molar-refractivity contribution < 1.29 is 19.0 Å². The van der Waals surface area contributed by atoms with E-state index >= 15 is 0 Å². The summed E-state index contributed by atoms with van der Waals surface area (Å²) in [7, 11) is 4.55. The summed E-state index contributed by atoms with van der Waals surface area (Å²) < 4.78 is 15.8. The van der Waals surface area contributed by atoms with Crippen LogP contribution in [0, 0.1) is 0 Å². The smallest absolute Gasteiger partial charge is 0.234 e.